The van der Waals surface area contributed by atoms with Gasteiger partial charge >= 0.3 is 0 Å². The molecular weight excluding hydrogens is 514 g/mol. The second-order valence-corrected chi connectivity index (χ2v) is 13.3. The Bertz CT molecular complexity index is 1240. The van der Waals surface area contributed by atoms with Crippen LogP contribution in [0, 0.1) is 17.8 Å². The lowest BCUT2D eigenvalue weighted by molar-refractivity contribution is 0.0633. The Morgan fingerprint density at radius 3 is 2.24 bits per heavy atom. The van der Waals surface area contributed by atoms with Gasteiger partial charge in [0, 0.05) is 51.9 Å². The van der Waals surface area contributed by atoms with Gasteiger partial charge in [0.05, 0.1) is 6.26 Å². The molecule has 222 valence electrons. The summed E-state index contributed by atoms with van der Waals surface area (Å²) in [6.07, 6.45) is 18.7. The number of nitrogen functional groups attached to an aromatic ring is 1. The number of hydrogen-bond donors (Lipinski definition) is 1. The Balaban J connectivity index is 0.979. The van der Waals surface area contributed by atoms with Crippen LogP contribution < -0.4 is 10.6 Å². The Morgan fingerprint density at radius 1 is 0.805 bits per heavy atom. The van der Waals surface area contributed by atoms with Gasteiger partial charge in [0.1, 0.15) is 0 Å². The average Bonchev–Trinajstić information content (AvgIpc) is 3.69. The third kappa shape index (κ3) is 6.23. The number of fused-ring (bicyclic) bond motifs is 2. The van der Waals surface area contributed by atoms with Crippen molar-refractivity contribution in [1.29, 1.82) is 0 Å². The smallest absolute Gasteiger partial charge is 0.259 e. The van der Waals surface area contributed by atoms with Crippen molar-refractivity contribution in [3.63, 3.8) is 0 Å². The molecule has 5 heterocycles. The third-order valence-corrected chi connectivity index (χ3v) is 10.3. The van der Waals surface area contributed by atoms with Crippen LogP contribution in [0.15, 0.2) is 22.8 Å². The van der Waals surface area contributed by atoms with Gasteiger partial charge in [-0.05, 0) is 68.4 Å². The standard InChI is InChI=1S/C31H47N9O/c32-29-34-30(35-31-33-28(36-40(29)31)27-12-7-17-41-27)39-16-15-38-21-25(13-14-26(38)22-39)20-37(18-23-8-3-1-4-9-23)19-24-10-5-2-6-11-24/h7,12,17,23-26H,1-6,8-11,13-16,18-22H2,(H2,32,33,34,35,36). The minimum atomic E-state index is 0.303. The van der Waals surface area contributed by atoms with Crippen LogP contribution >= 0.6 is 0 Å². The number of furan rings is 1. The molecule has 2 aliphatic heterocycles. The van der Waals surface area contributed by atoms with E-state index in [1.807, 2.05) is 12.1 Å². The first-order valence-corrected chi connectivity index (χ1v) is 16.3. The van der Waals surface area contributed by atoms with E-state index in [0.717, 1.165) is 37.4 Å². The molecule has 2 saturated carbocycles. The predicted octanol–water partition coefficient (Wildman–Crippen LogP) is 4.72. The monoisotopic (exact) mass is 561 g/mol. The number of aromatic nitrogens is 5. The van der Waals surface area contributed by atoms with Crippen molar-refractivity contribution in [3.8, 4) is 11.6 Å². The largest absolute Gasteiger partial charge is 0.461 e. The normalized spacial score (nSPS) is 25.2. The van der Waals surface area contributed by atoms with E-state index in [9.17, 15) is 0 Å². The molecule has 4 aliphatic rings. The highest BCUT2D eigenvalue weighted by molar-refractivity contribution is 5.53. The Hall–Kier alpha value is -2.72. The van der Waals surface area contributed by atoms with Gasteiger partial charge < -0.3 is 20.0 Å². The van der Waals surface area contributed by atoms with Gasteiger partial charge in [0.2, 0.25) is 17.7 Å². The number of piperidine rings is 1. The predicted molar refractivity (Wildman–Crippen MR) is 161 cm³/mol. The molecule has 0 amide bonds. The molecule has 10 heteroatoms. The summed E-state index contributed by atoms with van der Waals surface area (Å²) in [7, 11) is 0. The van der Waals surface area contributed by atoms with Gasteiger partial charge in [0.15, 0.2) is 5.76 Å². The molecule has 10 nitrogen and oxygen atoms in total. The quantitative estimate of drug-likeness (QED) is 0.418. The summed E-state index contributed by atoms with van der Waals surface area (Å²) in [4.78, 5) is 21.9. The van der Waals surface area contributed by atoms with Crippen LogP contribution in [0.4, 0.5) is 11.9 Å². The number of piperazine rings is 1. The summed E-state index contributed by atoms with van der Waals surface area (Å²) < 4.78 is 6.95. The fourth-order valence-electron chi connectivity index (χ4n) is 8.09. The lowest BCUT2D eigenvalue weighted by atomic mass is 9.85. The van der Waals surface area contributed by atoms with Crippen molar-refractivity contribution in [3.05, 3.63) is 18.4 Å². The molecule has 2 aliphatic carbocycles. The maximum absolute atomic E-state index is 6.30. The molecule has 2 N–H and O–H groups in total. The van der Waals surface area contributed by atoms with Crippen LogP contribution in [0.3, 0.4) is 0 Å². The lowest BCUT2D eigenvalue weighted by Gasteiger charge is -2.47. The van der Waals surface area contributed by atoms with Crippen molar-refractivity contribution >= 4 is 17.7 Å². The van der Waals surface area contributed by atoms with Crippen molar-refractivity contribution in [1.82, 2.24) is 34.4 Å². The second kappa shape index (κ2) is 12.3. The third-order valence-electron chi connectivity index (χ3n) is 10.3. The highest BCUT2D eigenvalue weighted by atomic mass is 16.3. The summed E-state index contributed by atoms with van der Waals surface area (Å²) in [6.45, 7) is 8.10. The van der Waals surface area contributed by atoms with Gasteiger partial charge in [-0.2, -0.15) is 19.5 Å². The van der Waals surface area contributed by atoms with Crippen molar-refractivity contribution < 1.29 is 4.42 Å². The molecule has 3 aromatic rings. The van der Waals surface area contributed by atoms with Gasteiger partial charge in [-0.3, -0.25) is 4.90 Å². The highest BCUT2D eigenvalue weighted by Gasteiger charge is 2.35. The first-order valence-electron chi connectivity index (χ1n) is 16.3. The van der Waals surface area contributed by atoms with Crippen molar-refractivity contribution in [2.24, 2.45) is 17.8 Å². The summed E-state index contributed by atoms with van der Waals surface area (Å²) in [5.74, 6) is 5.12. The maximum Gasteiger partial charge on any atom is 0.259 e. The molecule has 0 bridgehead atoms. The van der Waals surface area contributed by atoms with E-state index in [4.69, 9.17) is 15.1 Å². The molecule has 2 unspecified atom stereocenters. The van der Waals surface area contributed by atoms with E-state index in [1.165, 1.54) is 108 Å². The van der Waals surface area contributed by atoms with Crippen LogP contribution in [0.1, 0.15) is 77.0 Å². The van der Waals surface area contributed by atoms with Gasteiger partial charge in [0.25, 0.3) is 5.78 Å². The first-order chi connectivity index (χ1) is 20.2. The molecular formula is C31H47N9O. The fourth-order valence-corrected chi connectivity index (χ4v) is 8.09. The summed E-state index contributed by atoms with van der Waals surface area (Å²) in [5.41, 5.74) is 6.30. The number of anilines is 2. The van der Waals surface area contributed by atoms with Crippen LogP contribution in [0.2, 0.25) is 0 Å². The topological polar surface area (TPSA) is 105 Å². The fraction of sp³-hybridized carbons (Fsp3) is 0.742. The molecule has 2 atom stereocenters. The highest BCUT2D eigenvalue weighted by Crippen LogP contribution is 2.31. The first kappa shape index (κ1) is 27.1. The van der Waals surface area contributed by atoms with Crippen molar-refractivity contribution in [2.75, 3.05) is 56.4 Å². The maximum atomic E-state index is 6.30. The second-order valence-electron chi connectivity index (χ2n) is 13.3. The van der Waals surface area contributed by atoms with Crippen molar-refractivity contribution in [2.45, 2.75) is 83.1 Å². The average molecular weight is 562 g/mol. The minimum absolute atomic E-state index is 0.303. The zero-order valence-electron chi connectivity index (χ0n) is 24.5. The van der Waals surface area contributed by atoms with Gasteiger partial charge in [-0.15, -0.1) is 5.10 Å². The zero-order valence-corrected chi connectivity index (χ0v) is 24.5. The molecule has 2 saturated heterocycles. The van der Waals surface area contributed by atoms with Gasteiger partial charge in [-0.25, -0.2) is 0 Å². The van der Waals surface area contributed by atoms with Crippen LogP contribution in [0.5, 0.6) is 0 Å². The van der Waals surface area contributed by atoms with E-state index in [1.54, 1.807) is 6.26 Å². The minimum Gasteiger partial charge on any atom is -0.461 e. The van der Waals surface area contributed by atoms with Gasteiger partial charge in [-0.1, -0.05) is 38.5 Å². The van der Waals surface area contributed by atoms with Crippen LogP contribution in [0.25, 0.3) is 17.4 Å². The van der Waals surface area contributed by atoms with E-state index in [-0.39, 0.29) is 0 Å². The summed E-state index contributed by atoms with van der Waals surface area (Å²) >= 11 is 0. The lowest BCUT2D eigenvalue weighted by Crippen LogP contribution is -2.58. The number of rotatable bonds is 8. The van der Waals surface area contributed by atoms with E-state index >= 15 is 0 Å². The summed E-state index contributed by atoms with van der Waals surface area (Å²) in [5, 5.41) is 4.44. The molecule has 0 spiro atoms. The molecule has 4 fully saturated rings. The number of nitrogens with zero attached hydrogens (tertiary/aromatic N) is 8. The van der Waals surface area contributed by atoms with E-state index in [2.05, 4.69) is 29.8 Å². The molecule has 41 heavy (non-hydrogen) atoms. The van der Waals surface area contributed by atoms with E-state index in [0.29, 0.717) is 35.3 Å². The summed E-state index contributed by atoms with van der Waals surface area (Å²) in [6, 6.07) is 4.20. The van der Waals surface area contributed by atoms with Crippen LogP contribution in [-0.2, 0) is 0 Å². The number of hydrogen-bond acceptors (Lipinski definition) is 9. The molecule has 7 rings (SSSR count). The SMILES string of the molecule is Nc1nc(N2CCN3CC(CN(CC4CCCCC4)CC4CCCCC4)CCC3C2)nc2nc(-c3ccco3)nn12. The molecule has 3 aromatic heterocycles. The Labute approximate surface area is 243 Å². The Kier molecular flexibility index (Phi) is 8.11. The van der Waals surface area contributed by atoms with E-state index < -0.39 is 0 Å². The molecule has 0 aromatic carbocycles. The molecule has 0 radical (unpaired) electrons. The zero-order chi connectivity index (χ0) is 27.6. The Morgan fingerprint density at radius 2 is 1.54 bits per heavy atom. The van der Waals surface area contributed by atoms with Crippen LogP contribution in [-0.4, -0.2) is 86.2 Å². The number of nitrogens with two attached hydrogens (primary N) is 1.